The Morgan fingerprint density at radius 2 is 1.84 bits per heavy atom. The maximum Gasteiger partial charge on any atom is 0.119 e. The number of halogens is 1. The molecule has 0 atom stereocenters. The highest BCUT2D eigenvalue weighted by atomic mass is 35.5. The number of benzene rings is 1. The molecule has 2 rings (SSSR count). The van der Waals surface area contributed by atoms with Crippen LogP contribution in [0.1, 0.15) is 17.0 Å². The number of aliphatic hydroxyl groups is 2. The third-order valence-electron chi connectivity index (χ3n) is 2.82. The van der Waals surface area contributed by atoms with Crippen molar-refractivity contribution in [3.8, 4) is 5.75 Å². The molecule has 0 amide bonds. The van der Waals surface area contributed by atoms with Crippen molar-refractivity contribution in [2.75, 3.05) is 13.2 Å². The van der Waals surface area contributed by atoms with Crippen LogP contribution in [0, 0.1) is 0 Å². The molecule has 0 saturated carbocycles. The van der Waals surface area contributed by atoms with Gasteiger partial charge in [0.25, 0.3) is 0 Å². The van der Waals surface area contributed by atoms with Crippen LogP contribution in [0.3, 0.4) is 0 Å². The lowest BCUT2D eigenvalue weighted by Gasteiger charge is -2.12. The van der Waals surface area contributed by atoms with Crippen LogP contribution < -0.4 is 4.74 Å². The maximum absolute atomic E-state index is 9.10. The van der Waals surface area contributed by atoms with Crippen molar-refractivity contribution in [3.63, 3.8) is 0 Å². The minimum atomic E-state index is -0.232. The summed E-state index contributed by atoms with van der Waals surface area (Å²) in [6.07, 6.45) is 0. The van der Waals surface area contributed by atoms with E-state index in [2.05, 4.69) is 0 Å². The first-order valence-electron chi connectivity index (χ1n) is 5.90. The molecule has 0 spiro atoms. The summed E-state index contributed by atoms with van der Waals surface area (Å²) in [4.78, 5) is 0. The van der Waals surface area contributed by atoms with Gasteiger partial charge in [0.15, 0.2) is 0 Å². The van der Waals surface area contributed by atoms with Crippen molar-refractivity contribution in [2.45, 2.75) is 12.5 Å². The predicted molar refractivity (Wildman–Crippen MR) is 77.0 cm³/mol. The molecule has 1 heterocycles. The van der Waals surface area contributed by atoms with Crippen molar-refractivity contribution in [2.24, 2.45) is 0 Å². The quantitative estimate of drug-likeness (QED) is 0.862. The molecule has 0 bridgehead atoms. The summed E-state index contributed by atoms with van der Waals surface area (Å²) >= 11 is 7.33. The summed E-state index contributed by atoms with van der Waals surface area (Å²) < 4.78 is 6.38. The zero-order valence-electron chi connectivity index (χ0n) is 10.3. The van der Waals surface area contributed by atoms with Gasteiger partial charge in [0.2, 0.25) is 0 Å². The summed E-state index contributed by atoms with van der Waals surface area (Å²) in [6, 6.07) is 9.26. The molecule has 0 aliphatic carbocycles. The van der Waals surface area contributed by atoms with E-state index in [0.29, 0.717) is 6.61 Å². The van der Waals surface area contributed by atoms with Gasteiger partial charge in [-0.15, -0.1) is 11.3 Å². The van der Waals surface area contributed by atoms with Crippen LogP contribution in [-0.2, 0) is 6.61 Å². The Morgan fingerprint density at radius 3 is 2.37 bits per heavy atom. The fourth-order valence-corrected chi connectivity index (χ4v) is 2.59. The average Bonchev–Trinajstić information content (AvgIpc) is 2.85. The van der Waals surface area contributed by atoms with Crippen LogP contribution in [0.25, 0.3) is 0 Å². The molecule has 0 saturated heterocycles. The van der Waals surface area contributed by atoms with Crippen LogP contribution in [0.15, 0.2) is 35.7 Å². The average molecular weight is 299 g/mol. The number of aliphatic hydroxyl groups excluding tert-OH is 2. The second kappa shape index (κ2) is 6.91. The molecule has 2 aromatic rings. The molecule has 0 aliphatic rings. The van der Waals surface area contributed by atoms with E-state index in [0.717, 1.165) is 21.2 Å². The van der Waals surface area contributed by atoms with Gasteiger partial charge in [0.05, 0.1) is 17.6 Å². The monoisotopic (exact) mass is 298 g/mol. The molecule has 0 unspecified atom stereocenters. The van der Waals surface area contributed by atoms with Gasteiger partial charge in [-0.25, -0.2) is 0 Å². The summed E-state index contributed by atoms with van der Waals surface area (Å²) in [5.41, 5.74) is 1.94. The molecule has 19 heavy (non-hydrogen) atoms. The standard InChI is InChI=1S/C14H15ClO3S/c15-14-5-10(9-19-14)8-18-13-3-1-11(2-4-13)12(6-16)7-17/h1-5,9,12,16-17H,6-8H2. The van der Waals surface area contributed by atoms with Gasteiger partial charge in [-0.05, 0) is 29.1 Å². The Labute approximate surface area is 121 Å². The van der Waals surface area contributed by atoms with E-state index in [4.69, 9.17) is 26.6 Å². The third kappa shape index (κ3) is 3.94. The van der Waals surface area contributed by atoms with Gasteiger partial charge in [0.1, 0.15) is 12.4 Å². The van der Waals surface area contributed by atoms with Crippen LogP contribution in [-0.4, -0.2) is 23.4 Å². The maximum atomic E-state index is 9.10. The first kappa shape index (κ1) is 14.3. The van der Waals surface area contributed by atoms with Crippen molar-refractivity contribution in [1.82, 2.24) is 0 Å². The SMILES string of the molecule is OCC(CO)c1ccc(OCc2csc(Cl)c2)cc1. The molecule has 0 aliphatic heterocycles. The van der Waals surface area contributed by atoms with Gasteiger partial charge in [-0.1, -0.05) is 23.7 Å². The van der Waals surface area contributed by atoms with Crippen molar-refractivity contribution >= 4 is 22.9 Å². The molecule has 102 valence electrons. The molecule has 5 heteroatoms. The largest absolute Gasteiger partial charge is 0.489 e. The molecular weight excluding hydrogens is 284 g/mol. The fraction of sp³-hybridized carbons (Fsp3) is 0.286. The first-order valence-corrected chi connectivity index (χ1v) is 7.16. The summed E-state index contributed by atoms with van der Waals surface area (Å²) in [7, 11) is 0. The zero-order valence-corrected chi connectivity index (χ0v) is 11.8. The molecule has 0 radical (unpaired) electrons. The van der Waals surface area contributed by atoms with Crippen LogP contribution >= 0.6 is 22.9 Å². The topological polar surface area (TPSA) is 49.7 Å². The number of hydrogen-bond donors (Lipinski definition) is 2. The smallest absolute Gasteiger partial charge is 0.119 e. The molecule has 1 aromatic heterocycles. The Bertz CT molecular complexity index is 506. The minimum absolute atomic E-state index is 0.0654. The highest BCUT2D eigenvalue weighted by Gasteiger charge is 2.08. The Balaban J connectivity index is 1.95. The lowest BCUT2D eigenvalue weighted by atomic mass is 10.0. The van der Waals surface area contributed by atoms with Crippen LogP contribution in [0.2, 0.25) is 4.34 Å². The van der Waals surface area contributed by atoms with Gasteiger partial charge in [-0.2, -0.15) is 0 Å². The van der Waals surface area contributed by atoms with E-state index >= 15 is 0 Å². The lowest BCUT2D eigenvalue weighted by Crippen LogP contribution is -2.08. The number of thiophene rings is 1. The van der Waals surface area contributed by atoms with Gasteiger partial charge in [0, 0.05) is 11.5 Å². The third-order valence-corrected chi connectivity index (χ3v) is 3.96. The second-order valence-corrected chi connectivity index (χ2v) is 5.72. The summed E-state index contributed by atoms with van der Waals surface area (Å²) in [5.74, 6) is 0.519. The van der Waals surface area contributed by atoms with E-state index in [1.807, 2.05) is 35.7 Å². The van der Waals surface area contributed by atoms with E-state index in [-0.39, 0.29) is 19.1 Å². The molecule has 3 nitrogen and oxygen atoms in total. The number of rotatable bonds is 6. The zero-order chi connectivity index (χ0) is 13.7. The van der Waals surface area contributed by atoms with Crippen LogP contribution in [0.4, 0.5) is 0 Å². The second-order valence-electron chi connectivity index (χ2n) is 4.18. The number of ether oxygens (including phenoxy) is 1. The van der Waals surface area contributed by atoms with E-state index in [1.54, 1.807) is 0 Å². The summed E-state index contributed by atoms with van der Waals surface area (Å²) in [6.45, 7) is 0.347. The Kier molecular flexibility index (Phi) is 5.22. The normalized spacial score (nSPS) is 10.9. The first-order chi connectivity index (χ1) is 9.22. The van der Waals surface area contributed by atoms with Crippen molar-refractivity contribution < 1.29 is 14.9 Å². The molecule has 1 aromatic carbocycles. The van der Waals surface area contributed by atoms with Gasteiger partial charge >= 0.3 is 0 Å². The highest BCUT2D eigenvalue weighted by Crippen LogP contribution is 2.23. The lowest BCUT2D eigenvalue weighted by molar-refractivity contribution is 0.192. The van der Waals surface area contributed by atoms with E-state index in [9.17, 15) is 0 Å². The van der Waals surface area contributed by atoms with Crippen molar-refractivity contribution in [3.05, 3.63) is 51.2 Å². The fourth-order valence-electron chi connectivity index (χ4n) is 1.69. The Hall–Kier alpha value is -1.07. The molecule has 2 N–H and O–H groups in total. The predicted octanol–water partition coefficient (Wildman–Crippen LogP) is 3.05. The van der Waals surface area contributed by atoms with E-state index < -0.39 is 0 Å². The van der Waals surface area contributed by atoms with Gasteiger partial charge in [-0.3, -0.25) is 0 Å². The Morgan fingerprint density at radius 1 is 1.16 bits per heavy atom. The summed E-state index contributed by atoms with van der Waals surface area (Å²) in [5, 5.41) is 20.2. The molecule has 0 fully saturated rings. The number of hydrogen-bond acceptors (Lipinski definition) is 4. The van der Waals surface area contributed by atoms with E-state index in [1.165, 1.54) is 11.3 Å². The molecular formula is C14H15ClO3S. The highest BCUT2D eigenvalue weighted by molar-refractivity contribution is 7.14. The minimum Gasteiger partial charge on any atom is -0.489 e. The van der Waals surface area contributed by atoms with Gasteiger partial charge < -0.3 is 14.9 Å². The van der Waals surface area contributed by atoms with Crippen molar-refractivity contribution in [1.29, 1.82) is 0 Å². The van der Waals surface area contributed by atoms with Crippen LogP contribution in [0.5, 0.6) is 5.75 Å².